The molecule has 2 nitrogen and oxygen atoms in total. The maximum atomic E-state index is 13.7. The van der Waals surface area contributed by atoms with E-state index in [4.69, 9.17) is 0 Å². The maximum absolute atomic E-state index is 13.7. The van der Waals surface area contributed by atoms with Gasteiger partial charge in [-0.25, -0.2) is 8.78 Å². The van der Waals surface area contributed by atoms with Crippen LogP contribution in [0.5, 0.6) is 0 Å². The van der Waals surface area contributed by atoms with Crippen LogP contribution in [0.25, 0.3) is 0 Å². The van der Waals surface area contributed by atoms with Gasteiger partial charge in [-0.15, -0.1) is 0 Å². The number of piperidine rings is 1. The zero-order valence-electron chi connectivity index (χ0n) is 7.95. The summed E-state index contributed by atoms with van der Waals surface area (Å²) in [6.45, 7) is 2.27. The van der Waals surface area contributed by atoms with Gasteiger partial charge in [-0.1, -0.05) is 0 Å². The van der Waals surface area contributed by atoms with E-state index >= 15 is 0 Å². The average Bonchev–Trinajstić information content (AvgIpc) is 2.41. The highest BCUT2D eigenvalue weighted by Crippen LogP contribution is 2.47. The monoisotopic (exact) mass is 190 g/mol. The van der Waals surface area contributed by atoms with Crippen LogP contribution in [0.15, 0.2) is 0 Å². The summed E-state index contributed by atoms with van der Waals surface area (Å²) in [7, 11) is 1.92. The molecule has 13 heavy (non-hydrogen) atoms. The van der Waals surface area contributed by atoms with Crippen LogP contribution in [0.4, 0.5) is 8.78 Å². The van der Waals surface area contributed by atoms with E-state index in [-0.39, 0.29) is 6.42 Å². The normalized spacial score (nSPS) is 39.9. The molecule has 2 saturated heterocycles. The van der Waals surface area contributed by atoms with Crippen LogP contribution in [-0.4, -0.2) is 44.0 Å². The molecular formula is C9H16F2N2. The van der Waals surface area contributed by atoms with Crippen LogP contribution in [0, 0.1) is 5.41 Å². The topological polar surface area (TPSA) is 15.3 Å². The fourth-order valence-electron chi connectivity index (χ4n) is 2.49. The zero-order chi connectivity index (χ0) is 9.53. The lowest BCUT2D eigenvalue weighted by molar-refractivity contribution is -0.134. The minimum atomic E-state index is -2.47. The third-order valence-electron chi connectivity index (χ3n) is 3.40. The van der Waals surface area contributed by atoms with E-state index in [1.807, 2.05) is 11.9 Å². The summed E-state index contributed by atoms with van der Waals surface area (Å²) < 4.78 is 27.3. The molecule has 4 heteroatoms. The van der Waals surface area contributed by atoms with E-state index in [1.165, 1.54) is 0 Å². The van der Waals surface area contributed by atoms with Gasteiger partial charge in [0.25, 0.3) is 5.92 Å². The Bertz CT molecular complexity index is 204. The summed E-state index contributed by atoms with van der Waals surface area (Å²) in [6, 6.07) is 0. The smallest absolute Gasteiger partial charge is 0.257 e. The number of likely N-dealkylation sites (tertiary alicyclic amines) is 1. The maximum Gasteiger partial charge on any atom is 0.257 e. The molecule has 0 amide bonds. The molecule has 0 aliphatic carbocycles. The summed E-state index contributed by atoms with van der Waals surface area (Å²) in [6.07, 6.45) is 0.629. The van der Waals surface area contributed by atoms with Gasteiger partial charge in [0.05, 0.1) is 5.41 Å². The summed E-state index contributed by atoms with van der Waals surface area (Å²) >= 11 is 0. The van der Waals surface area contributed by atoms with Gasteiger partial charge in [0.1, 0.15) is 0 Å². The Morgan fingerprint density at radius 3 is 2.62 bits per heavy atom. The van der Waals surface area contributed by atoms with Crippen molar-refractivity contribution in [2.75, 3.05) is 33.2 Å². The van der Waals surface area contributed by atoms with Gasteiger partial charge < -0.3 is 10.2 Å². The molecule has 2 aliphatic rings. The van der Waals surface area contributed by atoms with Crippen molar-refractivity contribution in [3.63, 3.8) is 0 Å². The van der Waals surface area contributed by atoms with Crippen molar-refractivity contribution in [1.29, 1.82) is 0 Å². The first-order valence-electron chi connectivity index (χ1n) is 4.83. The molecule has 0 saturated carbocycles. The Morgan fingerprint density at radius 1 is 1.31 bits per heavy atom. The second kappa shape index (κ2) is 2.89. The minimum Gasteiger partial charge on any atom is -0.316 e. The average molecular weight is 190 g/mol. The predicted octanol–water partition coefficient (Wildman–Crippen LogP) is 0.937. The Balaban J connectivity index is 2.19. The van der Waals surface area contributed by atoms with Crippen molar-refractivity contribution in [2.24, 2.45) is 5.41 Å². The SMILES string of the molecule is CN1CC[C@@]2(CNCCC2(F)F)C1. The summed E-state index contributed by atoms with van der Waals surface area (Å²) in [5, 5.41) is 3.09. The van der Waals surface area contributed by atoms with Gasteiger partial charge in [-0.05, 0) is 20.0 Å². The summed E-state index contributed by atoms with van der Waals surface area (Å²) in [4.78, 5) is 2.00. The molecule has 1 N–H and O–H groups in total. The third kappa shape index (κ3) is 1.36. The second-order valence-corrected chi connectivity index (χ2v) is 4.40. The Hall–Kier alpha value is -0.220. The molecule has 0 bridgehead atoms. The highest BCUT2D eigenvalue weighted by atomic mass is 19.3. The van der Waals surface area contributed by atoms with Crippen LogP contribution in [0.3, 0.4) is 0 Å². The van der Waals surface area contributed by atoms with E-state index in [2.05, 4.69) is 5.32 Å². The van der Waals surface area contributed by atoms with Crippen molar-refractivity contribution in [3.05, 3.63) is 0 Å². The van der Waals surface area contributed by atoms with Gasteiger partial charge in [0.2, 0.25) is 0 Å². The molecule has 0 radical (unpaired) electrons. The minimum absolute atomic E-state index is 0.000833. The molecule has 0 aromatic carbocycles. The van der Waals surface area contributed by atoms with Gasteiger partial charge in [-0.2, -0.15) is 0 Å². The Morgan fingerprint density at radius 2 is 2.08 bits per heavy atom. The number of halogens is 2. The van der Waals surface area contributed by atoms with Crippen molar-refractivity contribution < 1.29 is 8.78 Å². The van der Waals surface area contributed by atoms with Crippen molar-refractivity contribution in [2.45, 2.75) is 18.8 Å². The summed E-state index contributed by atoms with van der Waals surface area (Å²) in [5.74, 6) is -2.47. The summed E-state index contributed by atoms with van der Waals surface area (Å²) in [5.41, 5.74) is -0.778. The fraction of sp³-hybridized carbons (Fsp3) is 1.00. The number of nitrogens with zero attached hydrogens (tertiary/aromatic N) is 1. The second-order valence-electron chi connectivity index (χ2n) is 4.40. The van der Waals surface area contributed by atoms with Crippen LogP contribution < -0.4 is 5.32 Å². The highest BCUT2D eigenvalue weighted by Gasteiger charge is 2.56. The van der Waals surface area contributed by atoms with Gasteiger partial charge in [-0.3, -0.25) is 0 Å². The number of rotatable bonds is 0. The molecule has 76 valence electrons. The van der Waals surface area contributed by atoms with E-state index < -0.39 is 11.3 Å². The lowest BCUT2D eigenvalue weighted by Gasteiger charge is -2.41. The standard InChI is InChI=1S/C9H16F2N2/c1-13-5-3-8(7-13)6-12-4-2-9(8,10)11/h12H,2-7H2,1H3/t8-/m1/s1. The van der Waals surface area contributed by atoms with Crippen molar-refractivity contribution in [3.8, 4) is 0 Å². The van der Waals surface area contributed by atoms with Crippen LogP contribution in [0.1, 0.15) is 12.8 Å². The van der Waals surface area contributed by atoms with Gasteiger partial charge in [0.15, 0.2) is 0 Å². The lowest BCUT2D eigenvalue weighted by Crippen LogP contribution is -2.55. The molecule has 0 aromatic heterocycles. The van der Waals surface area contributed by atoms with E-state index in [0.717, 1.165) is 6.54 Å². The first kappa shape index (κ1) is 9.34. The van der Waals surface area contributed by atoms with Crippen molar-refractivity contribution in [1.82, 2.24) is 10.2 Å². The van der Waals surface area contributed by atoms with Gasteiger partial charge in [0, 0.05) is 26.1 Å². The number of nitrogens with one attached hydrogen (secondary N) is 1. The molecule has 2 rings (SSSR count). The van der Waals surface area contributed by atoms with E-state index in [9.17, 15) is 8.78 Å². The molecule has 1 spiro atoms. The molecule has 2 aliphatic heterocycles. The largest absolute Gasteiger partial charge is 0.316 e. The van der Waals surface area contributed by atoms with Crippen LogP contribution >= 0.6 is 0 Å². The number of hydrogen-bond acceptors (Lipinski definition) is 2. The highest BCUT2D eigenvalue weighted by molar-refractivity contribution is 5.02. The van der Waals surface area contributed by atoms with E-state index in [0.29, 0.717) is 26.1 Å². The first-order chi connectivity index (χ1) is 6.06. The molecular weight excluding hydrogens is 174 g/mol. The van der Waals surface area contributed by atoms with Crippen LogP contribution in [-0.2, 0) is 0 Å². The third-order valence-corrected chi connectivity index (χ3v) is 3.40. The first-order valence-corrected chi connectivity index (χ1v) is 4.83. The molecule has 0 unspecified atom stereocenters. The number of hydrogen-bond donors (Lipinski definition) is 1. The fourth-order valence-corrected chi connectivity index (χ4v) is 2.49. The van der Waals surface area contributed by atoms with Crippen molar-refractivity contribution >= 4 is 0 Å². The zero-order valence-corrected chi connectivity index (χ0v) is 7.95. The molecule has 1 atom stereocenters. The molecule has 2 fully saturated rings. The van der Waals surface area contributed by atoms with E-state index in [1.54, 1.807) is 0 Å². The predicted molar refractivity (Wildman–Crippen MR) is 47.0 cm³/mol. The number of alkyl halides is 2. The lowest BCUT2D eigenvalue weighted by atomic mass is 9.76. The van der Waals surface area contributed by atoms with Crippen LogP contribution in [0.2, 0.25) is 0 Å². The molecule has 0 aromatic rings. The molecule has 2 heterocycles. The van der Waals surface area contributed by atoms with Gasteiger partial charge >= 0.3 is 0 Å². The Labute approximate surface area is 77.3 Å². The quantitative estimate of drug-likeness (QED) is 0.611. The Kier molecular flexibility index (Phi) is 2.07.